The minimum absolute atomic E-state index is 0.235. The van der Waals surface area contributed by atoms with Crippen LogP contribution in [0.15, 0.2) is 0 Å². The SMILES string of the molecule is COC(=O)C[C@@]1(C(=O)OC)OC(C)(C)OC1C. The van der Waals surface area contributed by atoms with Crippen LogP contribution < -0.4 is 0 Å². The van der Waals surface area contributed by atoms with Gasteiger partial charge >= 0.3 is 11.9 Å². The highest BCUT2D eigenvalue weighted by Gasteiger charge is 2.58. The van der Waals surface area contributed by atoms with Crippen molar-refractivity contribution in [2.24, 2.45) is 0 Å². The molecule has 0 bridgehead atoms. The summed E-state index contributed by atoms with van der Waals surface area (Å²) in [7, 11) is 2.49. The number of rotatable bonds is 3. The molecule has 6 heteroatoms. The lowest BCUT2D eigenvalue weighted by molar-refractivity contribution is -0.192. The first-order valence-electron chi connectivity index (χ1n) is 5.30. The van der Waals surface area contributed by atoms with Crippen molar-refractivity contribution >= 4 is 11.9 Å². The van der Waals surface area contributed by atoms with E-state index in [0.717, 1.165) is 0 Å². The molecule has 0 saturated carbocycles. The van der Waals surface area contributed by atoms with E-state index in [4.69, 9.17) is 14.2 Å². The highest BCUT2D eigenvalue weighted by molar-refractivity contribution is 5.86. The molecule has 1 saturated heterocycles. The van der Waals surface area contributed by atoms with Gasteiger partial charge in [-0.05, 0) is 20.8 Å². The van der Waals surface area contributed by atoms with Gasteiger partial charge in [0.2, 0.25) is 5.60 Å². The molecule has 0 amide bonds. The van der Waals surface area contributed by atoms with E-state index in [9.17, 15) is 9.59 Å². The summed E-state index contributed by atoms with van der Waals surface area (Å²) in [5, 5.41) is 0. The minimum atomic E-state index is -1.44. The number of hydrogen-bond donors (Lipinski definition) is 0. The first kappa shape index (κ1) is 13.9. The average molecular weight is 246 g/mol. The second-order valence-corrected chi connectivity index (χ2v) is 4.40. The van der Waals surface area contributed by atoms with Gasteiger partial charge in [0.1, 0.15) is 0 Å². The van der Waals surface area contributed by atoms with Crippen LogP contribution in [0.3, 0.4) is 0 Å². The van der Waals surface area contributed by atoms with E-state index in [2.05, 4.69) is 4.74 Å². The molecule has 0 aliphatic carbocycles. The predicted octanol–water partition coefficient (Wildman–Crippen LogP) is 0.633. The number of hydrogen-bond acceptors (Lipinski definition) is 6. The molecule has 17 heavy (non-hydrogen) atoms. The van der Waals surface area contributed by atoms with E-state index in [0.29, 0.717) is 0 Å². The van der Waals surface area contributed by atoms with Crippen molar-refractivity contribution in [1.82, 2.24) is 0 Å². The Kier molecular flexibility index (Phi) is 3.78. The van der Waals surface area contributed by atoms with E-state index >= 15 is 0 Å². The van der Waals surface area contributed by atoms with Crippen LogP contribution in [0.4, 0.5) is 0 Å². The third-order valence-corrected chi connectivity index (χ3v) is 2.71. The Morgan fingerprint density at radius 2 is 1.82 bits per heavy atom. The monoisotopic (exact) mass is 246 g/mol. The second kappa shape index (κ2) is 4.62. The van der Waals surface area contributed by atoms with Gasteiger partial charge in [0.25, 0.3) is 0 Å². The first-order valence-corrected chi connectivity index (χ1v) is 5.30. The highest BCUT2D eigenvalue weighted by atomic mass is 16.8. The molecule has 0 radical (unpaired) electrons. The predicted molar refractivity (Wildman–Crippen MR) is 57.1 cm³/mol. The summed E-state index contributed by atoms with van der Waals surface area (Å²) in [5.41, 5.74) is -1.44. The van der Waals surface area contributed by atoms with Crippen LogP contribution >= 0.6 is 0 Å². The van der Waals surface area contributed by atoms with Crippen LogP contribution in [-0.2, 0) is 28.5 Å². The molecule has 1 unspecified atom stereocenters. The molecule has 1 aliphatic heterocycles. The second-order valence-electron chi connectivity index (χ2n) is 4.40. The Labute approximate surface area is 100 Å². The number of carbonyl (C=O) groups is 2. The zero-order chi connectivity index (χ0) is 13.3. The van der Waals surface area contributed by atoms with Crippen molar-refractivity contribution in [2.45, 2.75) is 44.7 Å². The quantitative estimate of drug-likeness (QED) is 0.680. The third-order valence-electron chi connectivity index (χ3n) is 2.71. The molecule has 0 spiro atoms. The van der Waals surface area contributed by atoms with Crippen molar-refractivity contribution in [2.75, 3.05) is 14.2 Å². The summed E-state index contributed by atoms with van der Waals surface area (Å²) >= 11 is 0. The maximum absolute atomic E-state index is 11.9. The minimum Gasteiger partial charge on any atom is -0.469 e. The van der Waals surface area contributed by atoms with Crippen LogP contribution in [0.2, 0.25) is 0 Å². The van der Waals surface area contributed by atoms with Crippen LogP contribution in [0.1, 0.15) is 27.2 Å². The summed E-state index contributed by atoms with van der Waals surface area (Å²) in [5.74, 6) is -2.13. The van der Waals surface area contributed by atoms with E-state index in [1.807, 2.05) is 0 Å². The van der Waals surface area contributed by atoms with Gasteiger partial charge in [0, 0.05) is 0 Å². The van der Waals surface area contributed by atoms with Crippen LogP contribution in [0, 0.1) is 0 Å². The van der Waals surface area contributed by atoms with E-state index in [1.165, 1.54) is 14.2 Å². The maximum Gasteiger partial charge on any atom is 0.341 e. The van der Waals surface area contributed by atoms with Gasteiger partial charge in [-0.15, -0.1) is 0 Å². The normalized spacial score (nSPS) is 31.0. The molecule has 0 N–H and O–H groups in total. The van der Waals surface area contributed by atoms with Crippen molar-refractivity contribution in [3.8, 4) is 0 Å². The Balaban J connectivity index is 3.03. The molecule has 1 aliphatic rings. The standard InChI is InChI=1S/C11H18O6/c1-7-11(9(13)15-5,6-8(12)14-4)17-10(2,3)16-7/h7H,6H2,1-5H3/t7?,11-/m1/s1. The summed E-state index contributed by atoms with van der Waals surface area (Å²) in [6.45, 7) is 5.01. The first-order chi connectivity index (χ1) is 7.77. The van der Waals surface area contributed by atoms with Crippen molar-refractivity contribution in [3.63, 3.8) is 0 Å². The van der Waals surface area contributed by atoms with Gasteiger partial charge in [0.05, 0.1) is 26.7 Å². The molecule has 0 aromatic heterocycles. The molecule has 6 nitrogen and oxygen atoms in total. The third kappa shape index (κ3) is 2.58. The van der Waals surface area contributed by atoms with Crippen molar-refractivity contribution < 1.29 is 28.5 Å². The van der Waals surface area contributed by atoms with Gasteiger partial charge in [-0.25, -0.2) is 4.79 Å². The maximum atomic E-state index is 11.9. The zero-order valence-electron chi connectivity index (χ0n) is 10.7. The number of ether oxygens (including phenoxy) is 4. The van der Waals surface area contributed by atoms with Gasteiger partial charge in [-0.1, -0.05) is 0 Å². The molecule has 1 rings (SSSR count). The Morgan fingerprint density at radius 3 is 2.18 bits per heavy atom. The fraction of sp³-hybridized carbons (Fsp3) is 0.818. The van der Waals surface area contributed by atoms with Crippen LogP contribution in [0.25, 0.3) is 0 Å². The lowest BCUT2D eigenvalue weighted by Gasteiger charge is -2.27. The van der Waals surface area contributed by atoms with E-state index < -0.39 is 29.4 Å². The van der Waals surface area contributed by atoms with Crippen LogP contribution in [-0.4, -0.2) is 43.7 Å². The van der Waals surface area contributed by atoms with Crippen molar-refractivity contribution in [1.29, 1.82) is 0 Å². The molecule has 1 heterocycles. The lowest BCUT2D eigenvalue weighted by atomic mass is 9.94. The molecular weight excluding hydrogens is 228 g/mol. The Bertz CT molecular complexity index is 324. The zero-order valence-corrected chi connectivity index (χ0v) is 10.7. The molecule has 2 atom stereocenters. The highest BCUT2D eigenvalue weighted by Crippen LogP contribution is 2.39. The summed E-state index contributed by atoms with van der Waals surface area (Å²) in [6.07, 6.45) is -0.829. The average Bonchev–Trinajstić information content (AvgIpc) is 2.48. The Hall–Kier alpha value is -1.14. The van der Waals surface area contributed by atoms with Gasteiger partial charge in [-0.3, -0.25) is 4.79 Å². The summed E-state index contributed by atoms with van der Waals surface area (Å²) in [6, 6.07) is 0. The van der Waals surface area contributed by atoms with Gasteiger partial charge in [-0.2, -0.15) is 0 Å². The smallest absolute Gasteiger partial charge is 0.341 e. The number of esters is 2. The largest absolute Gasteiger partial charge is 0.469 e. The number of methoxy groups -OCH3 is 2. The molecule has 0 aromatic carbocycles. The Morgan fingerprint density at radius 1 is 1.24 bits per heavy atom. The topological polar surface area (TPSA) is 71.1 Å². The summed E-state index contributed by atoms with van der Waals surface area (Å²) < 4.78 is 20.3. The summed E-state index contributed by atoms with van der Waals surface area (Å²) in [4.78, 5) is 23.2. The number of carbonyl (C=O) groups excluding carboxylic acids is 2. The molecule has 0 aromatic rings. The fourth-order valence-corrected chi connectivity index (χ4v) is 1.99. The van der Waals surface area contributed by atoms with E-state index in [-0.39, 0.29) is 6.42 Å². The fourth-order valence-electron chi connectivity index (χ4n) is 1.99. The van der Waals surface area contributed by atoms with Crippen LogP contribution in [0.5, 0.6) is 0 Å². The van der Waals surface area contributed by atoms with Gasteiger partial charge < -0.3 is 18.9 Å². The van der Waals surface area contributed by atoms with Gasteiger partial charge in [0.15, 0.2) is 5.79 Å². The van der Waals surface area contributed by atoms with E-state index in [1.54, 1.807) is 20.8 Å². The molecular formula is C11H18O6. The molecule has 1 fully saturated rings. The van der Waals surface area contributed by atoms with Crippen molar-refractivity contribution in [3.05, 3.63) is 0 Å². The lowest BCUT2D eigenvalue weighted by Crippen LogP contribution is -2.49. The molecule has 98 valence electrons.